The number of nitrogens with zero attached hydrogens (tertiary/aromatic N) is 2. The molecule has 0 spiro atoms. The van der Waals surface area contributed by atoms with Gasteiger partial charge in [0.05, 0.1) is 20.6 Å². The maximum absolute atomic E-state index is 14.1. The van der Waals surface area contributed by atoms with Crippen LogP contribution >= 0.6 is 46.4 Å². The molecule has 3 rings (SSSR count). The van der Waals surface area contributed by atoms with Gasteiger partial charge in [0.25, 0.3) is 10.0 Å². The molecule has 1 N–H and O–H groups in total. The van der Waals surface area contributed by atoms with Crippen molar-refractivity contribution in [1.82, 2.24) is 10.2 Å². The molecule has 0 saturated carbocycles. The highest BCUT2D eigenvalue weighted by Crippen LogP contribution is 2.32. The summed E-state index contributed by atoms with van der Waals surface area (Å²) >= 11 is 25.2. The topological polar surface area (TPSA) is 86.8 Å². The Balaban J connectivity index is 2.09. The highest BCUT2D eigenvalue weighted by atomic mass is 35.5. The molecule has 41 heavy (non-hydrogen) atoms. The second-order valence-electron chi connectivity index (χ2n) is 9.21. The van der Waals surface area contributed by atoms with Crippen molar-refractivity contribution in [3.05, 3.63) is 92.4 Å². The summed E-state index contributed by atoms with van der Waals surface area (Å²) in [5.74, 6) is -0.992. The fourth-order valence-electron chi connectivity index (χ4n) is 4.17. The molecular formula is C29H31Cl4N3O4S. The van der Waals surface area contributed by atoms with Crippen LogP contribution in [0.1, 0.15) is 38.7 Å². The van der Waals surface area contributed by atoms with Gasteiger partial charge in [-0.2, -0.15) is 0 Å². The first-order valence-corrected chi connectivity index (χ1v) is 16.0. The molecule has 0 aliphatic rings. The number of halogens is 4. The number of anilines is 1. The molecule has 0 aliphatic carbocycles. The number of hydrogen-bond donors (Lipinski definition) is 1. The summed E-state index contributed by atoms with van der Waals surface area (Å²) in [6, 6.07) is 16.0. The van der Waals surface area contributed by atoms with E-state index in [0.29, 0.717) is 22.2 Å². The van der Waals surface area contributed by atoms with Crippen molar-refractivity contribution < 1.29 is 18.0 Å². The van der Waals surface area contributed by atoms with Crippen LogP contribution < -0.4 is 9.62 Å². The minimum Gasteiger partial charge on any atom is -0.354 e. The molecule has 12 heteroatoms. The monoisotopic (exact) mass is 657 g/mol. The van der Waals surface area contributed by atoms with Crippen LogP contribution in [0.3, 0.4) is 0 Å². The van der Waals surface area contributed by atoms with E-state index in [-0.39, 0.29) is 39.5 Å². The maximum Gasteiger partial charge on any atom is 0.264 e. The Morgan fingerprint density at radius 2 is 1.51 bits per heavy atom. The predicted octanol–water partition coefficient (Wildman–Crippen LogP) is 7.22. The van der Waals surface area contributed by atoms with Gasteiger partial charge in [0.1, 0.15) is 12.6 Å². The van der Waals surface area contributed by atoms with Gasteiger partial charge in [0.2, 0.25) is 11.8 Å². The molecule has 3 aromatic rings. The summed E-state index contributed by atoms with van der Waals surface area (Å²) < 4.78 is 28.7. The zero-order chi connectivity index (χ0) is 30.2. The average molecular weight is 659 g/mol. The summed E-state index contributed by atoms with van der Waals surface area (Å²) in [4.78, 5) is 28.7. The van der Waals surface area contributed by atoms with Gasteiger partial charge in [-0.05, 0) is 55.3 Å². The van der Waals surface area contributed by atoms with Crippen LogP contribution in [0.25, 0.3) is 0 Å². The van der Waals surface area contributed by atoms with Crippen LogP contribution in [0.2, 0.25) is 20.1 Å². The zero-order valence-corrected chi connectivity index (χ0v) is 26.5. The first-order chi connectivity index (χ1) is 19.5. The van der Waals surface area contributed by atoms with Crippen molar-refractivity contribution in [1.29, 1.82) is 0 Å². The quantitative estimate of drug-likeness (QED) is 0.197. The van der Waals surface area contributed by atoms with E-state index in [1.807, 2.05) is 6.92 Å². The molecule has 2 amide bonds. The smallest absolute Gasteiger partial charge is 0.264 e. The van der Waals surface area contributed by atoms with Crippen molar-refractivity contribution in [3.8, 4) is 0 Å². The number of unbranched alkanes of at least 4 members (excludes halogenated alkanes) is 1. The Morgan fingerprint density at radius 1 is 0.854 bits per heavy atom. The molecule has 0 unspecified atom stereocenters. The molecule has 0 fully saturated rings. The molecule has 3 aromatic carbocycles. The zero-order valence-electron chi connectivity index (χ0n) is 22.6. The second kappa shape index (κ2) is 15.1. The highest BCUT2D eigenvalue weighted by molar-refractivity contribution is 7.92. The summed E-state index contributed by atoms with van der Waals surface area (Å²) in [5, 5.41) is 3.85. The summed E-state index contributed by atoms with van der Waals surface area (Å²) in [6.07, 6.45) is 1.92. The second-order valence-corrected chi connectivity index (χ2v) is 12.7. The SMILES string of the molecule is CCCCNC(=O)[C@@H](CC)N(Cc1c(Cl)cccc1Cl)C(=O)CN(c1ccc(Cl)c(Cl)c1)S(=O)(=O)c1ccccc1. The molecular weight excluding hydrogens is 628 g/mol. The minimum absolute atomic E-state index is 0.0241. The van der Waals surface area contributed by atoms with Gasteiger partial charge in [0, 0.05) is 28.7 Å². The van der Waals surface area contributed by atoms with E-state index in [0.717, 1.165) is 17.1 Å². The van der Waals surface area contributed by atoms with E-state index in [4.69, 9.17) is 46.4 Å². The van der Waals surface area contributed by atoms with Crippen molar-refractivity contribution in [2.75, 3.05) is 17.4 Å². The number of benzene rings is 3. The standard InChI is InChI=1S/C29H31Cl4N3O4S/c1-3-5-16-34-29(38)27(4-2)35(18-22-23(30)12-9-13-24(22)31)28(37)19-36(20-14-15-25(32)26(33)17-20)41(39,40)21-10-7-6-8-11-21/h6-15,17,27H,3-5,16,18-19H2,1-2H3,(H,34,38)/t27-/m1/s1. The lowest BCUT2D eigenvalue weighted by atomic mass is 10.1. The molecule has 220 valence electrons. The van der Waals surface area contributed by atoms with Gasteiger partial charge in [-0.15, -0.1) is 0 Å². The van der Waals surface area contributed by atoms with Gasteiger partial charge in [-0.3, -0.25) is 13.9 Å². The Bertz CT molecular complexity index is 1450. The Kier molecular flexibility index (Phi) is 12.2. The lowest BCUT2D eigenvalue weighted by Gasteiger charge is -2.33. The number of carbonyl (C=O) groups is 2. The summed E-state index contributed by atoms with van der Waals surface area (Å²) in [6.45, 7) is 3.48. The van der Waals surface area contributed by atoms with Crippen LogP contribution in [0.15, 0.2) is 71.6 Å². The fourth-order valence-corrected chi connectivity index (χ4v) is 6.40. The Hall–Kier alpha value is -2.49. The highest BCUT2D eigenvalue weighted by Gasteiger charge is 2.34. The number of sulfonamides is 1. The predicted molar refractivity (Wildman–Crippen MR) is 166 cm³/mol. The van der Waals surface area contributed by atoms with Crippen molar-refractivity contribution in [2.24, 2.45) is 0 Å². The average Bonchev–Trinajstić information content (AvgIpc) is 2.95. The van der Waals surface area contributed by atoms with Crippen LogP contribution in [-0.2, 0) is 26.2 Å². The normalized spacial score (nSPS) is 12.0. The molecule has 0 radical (unpaired) electrons. The van der Waals surface area contributed by atoms with Crippen LogP contribution in [0.4, 0.5) is 5.69 Å². The number of rotatable bonds is 13. The van der Waals surface area contributed by atoms with Crippen molar-refractivity contribution >= 4 is 73.9 Å². The molecule has 1 atom stereocenters. The minimum atomic E-state index is -4.24. The summed E-state index contributed by atoms with van der Waals surface area (Å²) in [5.41, 5.74) is 0.573. The number of nitrogens with one attached hydrogen (secondary N) is 1. The van der Waals surface area contributed by atoms with E-state index in [1.165, 1.54) is 35.2 Å². The van der Waals surface area contributed by atoms with Crippen molar-refractivity contribution in [2.45, 2.75) is 50.6 Å². The first-order valence-electron chi connectivity index (χ1n) is 13.0. The first kappa shape index (κ1) is 33.0. The lowest BCUT2D eigenvalue weighted by molar-refractivity contribution is -0.140. The van der Waals surface area contributed by atoms with E-state index in [1.54, 1.807) is 43.3 Å². The molecule has 7 nitrogen and oxygen atoms in total. The van der Waals surface area contributed by atoms with Crippen LogP contribution in [0, 0.1) is 0 Å². The van der Waals surface area contributed by atoms with Gasteiger partial charge < -0.3 is 10.2 Å². The number of hydrogen-bond acceptors (Lipinski definition) is 4. The van der Waals surface area contributed by atoms with E-state index in [2.05, 4.69) is 5.32 Å². The Morgan fingerprint density at radius 3 is 2.10 bits per heavy atom. The third-order valence-electron chi connectivity index (χ3n) is 6.41. The number of amides is 2. The van der Waals surface area contributed by atoms with Gasteiger partial charge in [-0.1, -0.05) is 90.9 Å². The van der Waals surface area contributed by atoms with Crippen LogP contribution in [-0.4, -0.2) is 44.3 Å². The van der Waals surface area contributed by atoms with Gasteiger partial charge >= 0.3 is 0 Å². The molecule has 0 saturated heterocycles. The fraction of sp³-hybridized carbons (Fsp3) is 0.310. The van der Waals surface area contributed by atoms with Gasteiger partial charge in [0.15, 0.2) is 0 Å². The summed E-state index contributed by atoms with van der Waals surface area (Å²) in [7, 11) is -4.24. The maximum atomic E-state index is 14.1. The molecule has 0 aromatic heterocycles. The third-order valence-corrected chi connectivity index (χ3v) is 9.64. The van der Waals surface area contributed by atoms with Crippen LogP contribution in [0.5, 0.6) is 0 Å². The van der Waals surface area contributed by atoms with Crippen molar-refractivity contribution in [3.63, 3.8) is 0 Å². The molecule has 0 bridgehead atoms. The molecule has 0 heterocycles. The number of carbonyl (C=O) groups excluding carboxylic acids is 2. The third kappa shape index (κ3) is 8.30. The van der Waals surface area contributed by atoms with E-state index < -0.39 is 28.5 Å². The lowest BCUT2D eigenvalue weighted by Crippen LogP contribution is -2.52. The van der Waals surface area contributed by atoms with Gasteiger partial charge in [-0.25, -0.2) is 8.42 Å². The molecule has 0 aliphatic heterocycles. The van der Waals surface area contributed by atoms with E-state index >= 15 is 0 Å². The van der Waals surface area contributed by atoms with E-state index in [9.17, 15) is 18.0 Å². The largest absolute Gasteiger partial charge is 0.354 e. The Labute approximate surface area is 261 Å².